The van der Waals surface area contributed by atoms with E-state index in [2.05, 4.69) is 15.3 Å². The molecule has 0 saturated heterocycles. The van der Waals surface area contributed by atoms with Crippen molar-refractivity contribution in [3.63, 3.8) is 0 Å². The molecule has 0 bridgehead atoms. The van der Waals surface area contributed by atoms with Crippen LogP contribution in [-0.2, 0) is 4.79 Å². The number of amides is 1. The van der Waals surface area contributed by atoms with Crippen LogP contribution in [0.5, 0.6) is 5.75 Å². The summed E-state index contributed by atoms with van der Waals surface area (Å²) in [7, 11) is 1.64. The maximum absolute atomic E-state index is 12.1. The number of methoxy groups -OCH3 is 1. The number of hydrogen-bond donors (Lipinski definition) is 1. The zero-order valence-electron chi connectivity index (χ0n) is 13.6. The van der Waals surface area contributed by atoms with E-state index in [1.54, 1.807) is 31.3 Å². The number of hydrogen-bond acceptors (Lipinski definition) is 6. The summed E-state index contributed by atoms with van der Waals surface area (Å²) >= 11 is 3.05. The van der Waals surface area contributed by atoms with E-state index in [1.807, 2.05) is 41.8 Å². The highest BCUT2D eigenvalue weighted by atomic mass is 32.2. The van der Waals surface area contributed by atoms with Gasteiger partial charge >= 0.3 is 0 Å². The predicted octanol–water partition coefficient (Wildman–Crippen LogP) is 4.33. The third-order valence-corrected chi connectivity index (χ3v) is 5.14. The van der Waals surface area contributed by atoms with Crippen molar-refractivity contribution in [2.45, 2.75) is 11.3 Å². The van der Waals surface area contributed by atoms with E-state index in [0.29, 0.717) is 17.3 Å². The van der Waals surface area contributed by atoms with E-state index in [9.17, 15) is 4.79 Å². The van der Waals surface area contributed by atoms with E-state index >= 15 is 0 Å². The summed E-state index contributed by atoms with van der Waals surface area (Å²) < 4.78 is 5.13. The highest BCUT2D eigenvalue weighted by molar-refractivity contribution is 7.99. The van der Waals surface area contributed by atoms with E-state index in [-0.39, 0.29) is 5.91 Å². The number of ether oxygens (including phenoxy) is 1. The van der Waals surface area contributed by atoms with Crippen LogP contribution < -0.4 is 10.1 Å². The van der Waals surface area contributed by atoms with Crippen molar-refractivity contribution < 1.29 is 9.53 Å². The molecule has 1 aromatic carbocycles. The third-order valence-electron chi connectivity index (χ3n) is 3.37. The first-order chi connectivity index (χ1) is 12.2. The number of thioether (sulfide) groups is 1. The van der Waals surface area contributed by atoms with Crippen LogP contribution >= 0.6 is 23.1 Å². The van der Waals surface area contributed by atoms with Crippen LogP contribution in [0.1, 0.15) is 6.42 Å². The second-order valence-corrected chi connectivity index (χ2v) is 7.13. The fourth-order valence-electron chi connectivity index (χ4n) is 2.09. The van der Waals surface area contributed by atoms with Gasteiger partial charge in [-0.2, -0.15) is 0 Å². The minimum atomic E-state index is -0.0342. The van der Waals surface area contributed by atoms with Crippen molar-refractivity contribution >= 4 is 34.1 Å². The second kappa shape index (κ2) is 8.64. The summed E-state index contributed by atoms with van der Waals surface area (Å²) in [4.78, 5) is 21.7. The van der Waals surface area contributed by atoms with E-state index in [0.717, 1.165) is 21.9 Å². The Morgan fingerprint density at radius 3 is 2.84 bits per heavy atom. The van der Waals surface area contributed by atoms with Gasteiger partial charge in [-0.05, 0) is 36.4 Å². The number of anilines is 1. The number of carbonyl (C=O) groups is 1. The van der Waals surface area contributed by atoms with Crippen molar-refractivity contribution in [1.82, 2.24) is 9.97 Å². The molecule has 0 aliphatic rings. The number of nitrogens with zero attached hydrogens (tertiary/aromatic N) is 2. The molecule has 0 fully saturated rings. The summed E-state index contributed by atoms with van der Waals surface area (Å²) in [5, 5.41) is 5.38. The van der Waals surface area contributed by atoms with Crippen LogP contribution in [0.15, 0.2) is 59.1 Å². The van der Waals surface area contributed by atoms with Crippen molar-refractivity contribution in [3.05, 3.63) is 54.2 Å². The number of carbonyl (C=O) groups excluding carboxylic acids is 1. The number of thiazole rings is 1. The molecule has 7 heteroatoms. The minimum Gasteiger partial charge on any atom is -0.497 e. The molecular formula is C18H17N3O2S2. The summed E-state index contributed by atoms with van der Waals surface area (Å²) in [5.41, 5.74) is 1.76. The zero-order chi connectivity index (χ0) is 17.5. The Labute approximate surface area is 154 Å². The van der Waals surface area contributed by atoms with Crippen LogP contribution in [0.2, 0.25) is 0 Å². The first-order valence-electron chi connectivity index (χ1n) is 7.67. The van der Waals surface area contributed by atoms with Crippen LogP contribution in [0.3, 0.4) is 0 Å². The van der Waals surface area contributed by atoms with Crippen LogP contribution in [0.4, 0.5) is 5.13 Å². The van der Waals surface area contributed by atoms with Gasteiger partial charge in [-0.15, -0.1) is 23.1 Å². The predicted molar refractivity (Wildman–Crippen MR) is 102 cm³/mol. The first-order valence-corrected chi connectivity index (χ1v) is 9.54. The number of rotatable bonds is 7. The summed E-state index contributed by atoms with van der Waals surface area (Å²) in [6.07, 6.45) is 3.91. The molecule has 0 aliphatic heterocycles. The quantitative estimate of drug-likeness (QED) is 0.626. The lowest BCUT2D eigenvalue weighted by molar-refractivity contribution is -0.115. The average molecular weight is 371 g/mol. The Hall–Kier alpha value is -2.38. The van der Waals surface area contributed by atoms with E-state index in [1.165, 1.54) is 11.3 Å². The van der Waals surface area contributed by atoms with Gasteiger partial charge in [-0.1, -0.05) is 0 Å². The third kappa shape index (κ3) is 5.04. The highest BCUT2D eigenvalue weighted by Gasteiger charge is 2.08. The normalized spacial score (nSPS) is 10.4. The van der Waals surface area contributed by atoms with Crippen molar-refractivity contribution in [2.24, 2.45) is 0 Å². The van der Waals surface area contributed by atoms with Gasteiger partial charge in [0.05, 0.1) is 12.8 Å². The first kappa shape index (κ1) is 17.4. The molecule has 0 saturated carbocycles. The van der Waals surface area contributed by atoms with E-state index < -0.39 is 0 Å². The molecule has 0 atom stereocenters. The Morgan fingerprint density at radius 1 is 1.28 bits per heavy atom. The molecule has 2 aromatic heterocycles. The van der Waals surface area contributed by atoms with Crippen molar-refractivity contribution in [3.8, 4) is 17.0 Å². The topological polar surface area (TPSA) is 64.1 Å². The molecule has 0 radical (unpaired) electrons. The van der Waals surface area contributed by atoms with Gasteiger partial charge in [0, 0.05) is 40.4 Å². The van der Waals surface area contributed by atoms with Gasteiger partial charge in [0.1, 0.15) is 5.75 Å². The molecule has 5 nitrogen and oxygen atoms in total. The fourth-order valence-corrected chi connectivity index (χ4v) is 3.68. The molecule has 25 heavy (non-hydrogen) atoms. The minimum absolute atomic E-state index is 0.0342. The van der Waals surface area contributed by atoms with Gasteiger partial charge < -0.3 is 10.1 Å². The molecule has 1 N–H and O–H groups in total. The summed E-state index contributed by atoms with van der Waals surface area (Å²) in [6, 6.07) is 11.6. The number of benzene rings is 1. The SMILES string of the molecule is COc1ccc(SCCC(=O)Nc2nc(-c3cccnc3)cs2)cc1. The zero-order valence-corrected chi connectivity index (χ0v) is 15.3. The maximum Gasteiger partial charge on any atom is 0.226 e. The number of nitrogens with one attached hydrogen (secondary N) is 1. The van der Waals surface area contributed by atoms with Gasteiger partial charge in [-0.25, -0.2) is 4.98 Å². The lowest BCUT2D eigenvalue weighted by Gasteiger charge is -2.04. The number of aromatic nitrogens is 2. The van der Waals surface area contributed by atoms with Gasteiger partial charge in [-0.3, -0.25) is 9.78 Å². The van der Waals surface area contributed by atoms with Gasteiger partial charge in [0.2, 0.25) is 5.91 Å². The van der Waals surface area contributed by atoms with Crippen molar-refractivity contribution in [1.29, 1.82) is 0 Å². The molecular weight excluding hydrogens is 354 g/mol. The van der Waals surface area contributed by atoms with Crippen molar-refractivity contribution in [2.75, 3.05) is 18.2 Å². The Balaban J connectivity index is 1.47. The maximum atomic E-state index is 12.1. The molecule has 1 amide bonds. The largest absolute Gasteiger partial charge is 0.497 e. The molecule has 3 rings (SSSR count). The Bertz CT molecular complexity index is 820. The van der Waals surface area contributed by atoms with Gasteiger partial charge in [0.15, 0.2) is 5.13 Å². The highest BCUT2D eigenvalue weighted by Crippen LogP contribution is 2.25. The smallest absolute Gasteiger partial charge is 0.226 e. The van der Waals surface area contributed by atoms with Crippen LogP contribution in [-0.4, -0.2) is 28.7 Å². The molecule has 0 unspecified atom stereocenters. The molecule has 128 valence electrons. The Morgan fingerprint density at radius 2 is 2.12 bits per heavy atom. The molecule has 3 aromatic rings. The summed E-state index contributed by atoms with van der Waals surface area (Å²) in [5.74, 6) is 1.50. The molecule has 0 spiro atoms. The fraction of sp³-hybridized carbons (Fsp3) is 0.167. The van der Waals surface area contributed by atoms with Crippen LogP contribution in [0, 0.1) is 0 Å². The second-order valence-electron chi connectivity index (χ2n) is 5.10. The average Bonchev–Trinajstić information content (AvgIpc) is 3.11. The Kier molecular flexibility index (Phi) is 6.03. The monoisotopic (exact) mass is 371 g/mol. The summed E-state index contributed by atoms with van der Waals surface area (Å²) in [6.45, 7) is 0. The molecule has 0 aliphatic carbocycles. The molecule has 2 heterocycles. The standard InChI is InChI=1S/C18H17N3O2S2/c1-23-14-4-6-15(7-5-14)24-10-8-17(22)21-18-20-16(12-25-18)13-3-2-9-19-11-13/h2-7,9,11-12H,8,10H2,1H3,(H,20,21,22). The van der Waals surface area contributed by atoms with E-state index in [4.69, 9.17) is 4.74 Å². The van der Waals surface area contributed by atoms with Crippen LogP contribution in [0.25, 0.3) is 11.3 Å². The lowest BCUT2D eigenvalue weighted by atomic mass is 10.2. The number of pyridine rings is 1. The van der Waals surface area contributed by atoms with Gasteiger partial charge in [0.25, 0.3) is 0 Å². The lowest BCUT2D eigenvalue weighted by Crippen LogP contribution is -2.11.